The number of carbonyl (C=O) groups excluding carboxylic acids is 1. The van der Waals surface area contributed by atoms with Crippen molar-refractivity contribution in [2.45, 2.75) is 28.4 Å². The highest BCUT2D eigenvalue weighted by Crippen LogP contribution is 2.33. The van der Waals surface area contributed by atoms with Crippen LogP contribution in [-0.2, 0) is 14.8 Å². The van der Waals surface area contributed by atoms with Crippen LogP contribution in [0.5, 0.6) is 0 Å². The summed E-state index contributed by atoms with van der Waals surface area (Å²) in [5.74, 6) is -5.52. The topological polar surface area (TPSA) is 66.5 Å². The van der Waals surface area contributed by atoms with E-state index in [0.29, 0.717) is 17.8 Å². The van der Waals surface area contributed by atoms with Crippen LogP contribution in [-0.4, -0.2) is 37.5 Å². The zero-order chi connectivity index (χ0) is 21.9. The summed E-state index contributed by atoms with van der Waals surface area (Å²) in [5.41, 5.74) is 0.254. The zero-order valence-corrected chi connectivity index (χ0v) is 17.2. The molecule has 1 aliphatic heterocycles. The highest BCUT2D eigenvalue weighted by Gasteiger charge is 2.34. The van der Waals surface area contributed by atoms with Crippen LogP contribution < -0.4 is 5.32 Å². The van der Waals surface area contributed by atoms with Gasteiger partial charge in [-0.05, 0) is 43.2 Å². The van der Waals surface area contributed by atoms with Crippen LogP contribution in [0, 0.1) is 17.6 Å². The van der Waals surface area contributed by atoms with Crippen LogP contribution in [0.25, 0.3) is 0 Å². The summed E-state index contributed by atoms with van der Waals surface area (Å²) in [7, 11) is -4.24. The zero-order valence-electron chi connectivity index (χ0n) is 15.5. The van der Waals surface area contributed by atoms with Crippen LogP contribution in [0.15, 0.2) is 52.3 Å². The summed E-state index contributed by atoms with van der Waals surface area (Å²) in [6.07, 6.45) is 0.318. The molecule has 3 rings (SSSR count). The summed E-state index contributed by atoms with van der Waals surface area (Å²) in [6.45, 7) is -0.104. The first-order valence-electron chi connectivity index (χ1n) is 8.98. The van der Waals surface area contributed by atoms with E-state index in [2.05, 4.69) is 5.32 Å². The molecule has 11 heteroatoms. The minimum atomic E-state index is -4.24. The number of benzene rings is 2. The molecule has 2 aromatic carbocycles. The molecule has 1 N–H and O–H groups in total. The van der Waals surface area contributed by atoms with Crippen LogP contribution in [0.2, 0.25) is 0 Å². The average Bonchev–Trinajstić information content (AvgIpc) is 2.71. The molecule has 1 heterocycles. The van der Waals surface area contributed by atoms with E-state index in [4.69, 9.17) is 0 Å². The number of hydrogen-bond donors (Lipinski definition) is 1. The lowest BCUT2D eigenvalue weighted by molar-refractivity contribution is -0.120. The Morgan fingerprint density at radius 1 is 1.10 bits per heavy atom. The van der Waals surface area contributed by atoms with Gasteiger partial charge in [-0.15, -0.1) is 0 Å². The number of alkyl halides is 2. The normalized spacial score (nSPS) is 16.0. The molecule has 5 nitrogen and oxygen atoms in total. The first-order valence-corrected chi connectivity index (χ1v) is 11.3. The number of anilines is 1. The molecule has 0 saturated carbocycles. The van der Waals surface area contributed by atoms with E-state index in [1.54, 1.807) is 12.1 Å². The maximum Gasteiger partial charge on any atom is 0.288 e. The molecule has 0 unspecified atom stereocenters. The van der Waals surface area contributed by atoms with E-state index in [-0.39, 0.29) is 36.5 Å². The lowest BCUT2D eigenvalue weighted by Gasteiger charge is -2.30. The number of thioether (sulfide) groups is 1. The van der Waals surface area contributed by atoms with E-state index in [1.807, 2.05) is 0 Å². The van der Waals surface area contributed by atoms with Crippen LogP contribution in [0.3, 0.4) is 0 Å². The Labute approximate surface area is 175 Å². The van der Waals surface area contributed by atoms with Gasteiger partial charge < -0.3 is 5.32 Å². The van der Waals surface area contributed by atoms with Crippen LogP contribution in [0.4, 0.5) is 23.2 Å². The van der Waals surface area contributed by atoms with Gasteiger partial charge in [0.2, 0.25) is 15.9 Å². The van der Waals surface area contributed by atoms with Crippen molar-refractivity contribution in [3.63, 3.8) is 0 Å². The molecule has 1 fully saturated rings. The first-order chi connectivity index (χ1) is 14.2. The van der Waals surface area contributed by atoms with Crippen LogP contribution in [0.1, 0.15) is 12.8 Å². The van der Waals surface area contributed by atoms with Crippen molar-refractivity contribution in [3.8, 4) is 0 Å². The fraction of sp³-hybridized carbons (Fsp3) is 0.316. The summed E-state index contributed by atoms with van der Waals surface area (Å²) >= 11 is 0.316. The van der Waals surface area contributed by atoms with Gasteiger partial charge >= 0.3 is 0 Å². The minimum Gasteiger partial charge on any atom is -0.325 e. The molecular formula is C19H18F4N2O3S2. The number of sulfonamides is 1. The lowest BCUT2D eigenvalue weighted by atomic mass is 9.97. The smallest absolute Gasteiger partial charge is 0.288 e. The van der Waals surface area contributed by atoms with Gasteiger partial charge in [-0.2, -0.15) is 13.1 Å². The molecule has 0 radical (unpaired) electrons. The molecule has 162 valence electrons. The largest absolute Gasteiger partial charge is 0.325 e. The van der Waals surface area contributed by atoms with E-state index in [0.717, 1.165) is 16.4 Å². The molecule has 1 amide bonds. The third kappa shape index (κ3) is 5.13. The SMILES string of the molecule is O=C(Nc1ccccc1SC(F)F)C1CCN(S(=O)(=O)c2cc(F)ccc2F)CC1. The number of nitrogens with zero attached hydrogens (tertiary/aromatic N) is 1. The predicted octanol–water partition coefficient (Wildman–Crippen LogP) is 4.32. The molecule has 0 bridgehead atoms. The van der Waals surface area contributed by atoms with Gasteiger partial charge in [-0.1, -0.05) is 23.9 Å². The molecule has 0 spiro atoms. The second-order valence-corrected chi connectivity index (χ2v) is 9.56. The molecule has 1 saturated heterocycles. The Hall–Kier alpha value is -2.11. The van der Waals surface area contributed by atoms with Gasteiger partial charge in [-0.3, -0.25) is 4.79 Å². The van der Waals surface area contributed by atoms with Gasteiger partial charge in [0, 0.05) is 23.9 Å². The number of nitrogens with one attached hydrogen (secondary N) is 1. The van der Waals surface area contributed by atoms with E-state index >= 15 is 0 Å². The Kier molecular flexibility index (Phi) is 7.04. The number of halogens is 4. The summed E-state index contributed by atoms with van der Waals surface area (Å²) in [5, 5.41) is 2.62. The number of piperidine rings is 1. The van der Waals surface area contributed by atoms with Crippen molar-refractivity contribution in [3.05, 3.63) is 54.1 Å². The third-order valence-electron chi connectivity index (χ3n) is 4.70. The Morgan fingerprint density at radius 3 is 2.43 bits per heavy atom. The maximum absolute atomic E-state index is 13.9. The van der Waals surface area contributed by atoms with Crippen molar-refractivity contribution in [2.24, 2.45) is 5.92 Å². The number of hydrogen-bond acceptors (Lipinski definition) is 4. The molecule has 2 aromatic rings. The van der Waals surface area contributed by atoms with Gasteiger partial charge in [-0.25, -0.2) is 17.2 Å². The highest BCUT2D eigenvalue weighted by molar-refractivity contribution is 7.99. The quantitative estimate of drug-likeness (QED) is 0.513. The number of rotatable bonds is 6. The van der Waals surface area contributed by atoms with E-state index in [1.165, 1.54) is 12.1 Å². The minimum absolute atomic E-state index is 0.0518. The Balaban J connectivity index is 1.66. The summed E-state index contributed by atoms with van der Waals surface area (Å²) in [4.78, 5) is 12.0. The molecule has 30 heavy (non-hydrogen) atoms. The maximum atomic E-state index is 13.9. The fourth-order valence-corrected chi connectivity index (χ4v) is 5.32. The van der Waals surface area contributed by atoms with E-state index in [9.17, 15) is 30.8 Å². The number of amides is 1. The second kappa shape index (κ2) is 9.36. The van der Waals surface area contributed by atoms with Crippen molar-refractivity contribution >= 4 is 33.4 Å². The van der Waals surface area contributed by atoms with Crippen molar-refractivity contribution < 1.29 is 30.8 Å². The van der Waals surface area contributed by atoms with Crippen molar-refractivity contribution in [2.75, 3.05) is 18.4 Å². The third-order valence-corrected chi connectivity index (χ3v) is 7.40. The number of carbonyl (C=O) groups is 1. The van der Waals surface area contributed by atoms with Gasteiger partial charge in [0.15, 0.2) is 0 Å². The van der Waals surface area contributed by atoms with Crippen molar-refractivity contribution in [1.29, 1.82) is 0 Å². The summed E-state index contributed by atoms with van der Waals surface area (Å²) in [6, 6.07) is 8.36. The molecule has 0 atom stereocenters. The predicted molar refractivity (Wildman–Crippen MR) is 105 cm³/mol. The van der Waals surface area contributed by atoms with Gasteiger partial charge in [0.25, 0.3) is 5.76 Å². The van der Waals surface area contributed by atoms with Crippen molar-refractivity contribution in [1.82, 2.24) is 4.31 Å². The Bertz CT molecular complexity index is 1030. The van der Waals surface area contributed by atoms with E-state index < -0.39 is 44.1 Å². The molecule has 0 aliphatic carbocycles. The summed E-state index contributed by atoms with van der Waals surface area (Å²) < 4.78 is 78.9. The molecule has 0 aromatic heterocycles. The van der Waals surface area contributed by atoms with Gasteiger partial charge in [0.05, 0.1) is 5.69 Å². The molecular weight excluding hydrogens is 444 g/mol. The molecule has 1 aliphatic rings. The van der Waals surface area contributed by atoms with Crippen LogP contribution >= 0.6 is 11.8 Å². The van der Waals surface area contributed by atoms with Gasteiger partial charge in [0.1, 0.15) is 16.5 Å². The second-order valence-electron chi connectivity index (χ2n) is 6.62. The number of para-hydroxylation sites is 1. The standard InChI is InChI=1S/C19H18F4N2O3S2/c20-13-5-6-14(21)17(11-13)30(27,28)25-9-7-12(8-10-25)18(26)24-15-3-1-2-4-16(15)29-19(22)23/h1-6,11-12,19H,7-10H2,(H,24,26). The Morgan fingerprint density at radius 2 is 1.77 bits per heavy atom. The first kappa shape index (κ1) is 22.6. The monoisotopic (exact) mass is 462 g/mol. The fourth-order valence-electron chi connectivity index (χ4n) is 3.18. The average molecular weight is 462 g/mol. The highest BCUT2D eigenvalue weighted by atomic mass is 32.2. The lowest BCUT2D eigenvalue weighted by Crippen LogP contribution is -2.41.